The zero-order valence-electron chi connectivity index (χ0n) is 4.19. The van der Waals surface area contributed by atoms with Gasteiger partial charge in [0.1, 0.15) is 0 Å². The number of unbranched alkanes of at least 4 members (excludes halogenated alkanes) is 1. The van der Waals surface area contributed by atoms with Crippen LogP contribution in [-0.4, -0.2) is 11.1 Å². The smallest absolute Gasteiger partial charge is 0.00767 e. The van der Waals surface area contributed by atoms with E-state index in [1.54, 1.807) is 0 Å². The lowest BCUT2D eigenvalue weighted by Gasteiger charge is -1.89. The van der Waals surface area contributed by atoms with Gasteiger partial charge in [0, 0.05) is 11.1 Å². The molecule has 3 heteroatoms. The Kier molecular flexibility index (Phi) is 7.56. The monoisotopic (exact) mass is 183 g/mol. The van der Waals surface area contributed by atoms with E-state index in [0.29, 0.717) is 0 Å². The molecule has 0 heterocycles. The van der Waals surface area contributed by atoms with E-state index in [1.807, 2.05) is 0 Å². The first-order valence-electron chi connectivity index (χ1n) is 2.29. The minimum absolute atomic E-state index is 1.09. The van der Waals surface area contributed by atoms with Crippen molar-refractivity contribution >= 4 is 27.9 Å². The number of hydrogen-bond donors (Lipinski definition) is 1. The predicted molar refractivity (Wildman–Crippen MR) is 39.7 cm³/mol. The van der Waals surface area contributed by atoms with Crippen molar-refractivity contribution in [2.45, 2.75) is 12.8 Å². The van der Waals surface area contributed by atoms with Crippen molar-refractivity contribution in [2.24, 2.45) is 5.14 Å². The Hall–Kier alpha value is 0.790. The molecule has 0 fully saturated rings. The Balaban J connectivity index is 2.45. The van der Waals surface area contributed by atoms with E-state index < -0.39 is 0 Å². The average molecular weight is 184 g/mol. The van der Waals surface area contributed by atoms with Gasteiger partial charge in [0.25, 0.3) is 0 Å². The van der Waals surface area contributed by atoms with Gasteiger partial charge in [0.2, 0.25) is 0 Å². The van der Waals surface area contributed by atoms with Gasteiger partial charge in [-0.2, -0.15) is 0 Å². The molecule has 0 aliphatic heterocycles. The van der Waals surface area contributed by atoms with Gasteiger partial charge in [0.15, 0.2) is 0 Å². The zero-order chi connectivity index (χ0) is 5.54. The van der Waals surface area contributed by atoms with Crippen LogP contribution in [0, 0.1) is 0 Å². The summed E-state index contributed by atoms with van der Waals surface area (Å²) in [4.78, 5) is 0. The van der Waals surface area contributed by atoms with Crippen LogP contribution >= 0.6 is 27.9 Å². The molecule has 0 radical (unpaired) electrons. The van der Waals surface area contributed by atoms with Crippen LogP contribution in [-0.2, 0) is 0 Å². The van der Waals surface area contributed by atoms with Crippen LogP contribution in [0.25, 0.3) is 0 Å². The first-order chi connectivity index (χ1) is 3.41. The molecule has 0 atom stereocenters. The maximum Gasteiger partial charge on any atom is 0.00767 e. The minimum atomic E-state index is 1.09. The second kappa shape index (κ2) is 6.79. The summed E-state index contributed by atoms with van der Waals surface area (Å²) in [5.74, 6) is 1.09. The maximum atomic E-state index is 5.17. The van der Waals surface area contributed by atoms with Gasteiger partial charge in [0.05, 0.1) is 0 Å². The topological polar surface area (TPSA) is 26.0 Å². The number of nitrogens with two attached hydrogens (primary N) is 1. The molecule has 0 aromatic heterocycles. The third kappa shape index (κ3) is 6.79. The Labute approximate surface area is 57.3 Å². The van der Waals surface area contributed by atoms with Crippen molar-refractivity contribution in [3.05, 3.63) is 0 Å². The van der Waals surface area contributed by atoms with Gasteiger partial charge >= 0.3 is 0 Å². The first kappa shape index (κ1) is 7.79. The molecule has 0 spiro atoms. The van der Waals surface area contributed by atoms with Crippen molar-refractivity contribution < 1.29 is 0 Å². The largest absolute Gasteiger partial charge is 0.278 e. The Morgan fingerprint density at radius 1 is 1.43 bits per heavy atom. The highest BCUT2D eigenvalue weighted by Crippen LogP contribution is 1.97. The van der Waals surface area contributed by atoms with Gasteiger partial charge in [-0.25, -0.2) is 0 Å². The standard InChI is InChI=1S/C4H10BrNS/c5-3-1-2-4-7-6/h1-4,6H2. The van der Waals surface area contributed by atoms with Crippen molar-refractivity contribution in [2.75, 3.05) is 11.1 Å². The summed E-state index contributed by atoms with van der Waals surface area (Å²) >= 11 is 4.75. The lowest BCUT2D eigenvalue weighted by Crippen LogP contribution is -1.84. The molecule has 0 aromatic carbocycles. The molecule has 0 unspecified atom stereocenters. The first-order valence-corrected chi connectivity index (χ1v) is 4.46. The predicted octanol–water partition coefficient (Wildman–Crippen LogP) is 1.77. The van der Waals surface area contributed by atoms with Gasteiger partial charge in [-0.1, -0.05) is 27.9 Å². The normalized spacial score (nSPS) is 9.43. The summed E-state index contributed by atoms with van der Waals surface area (Å²) in [6.45, 7) is 0. The number of rotatable bonds is 4. The third-order valence-electron chi connectivity index (χ3n) is 0.646. The molecule has 0 rings (SSSR count). The van der Waals surface area contributed by atoms with Crippen LogP contribution < -0.4 is 5.14 Å². The fourth-order valence-electron chi connectivity index (χ4n) is 0.280. The van der Waals surface area contributed by atoms with Gasteiger partial charge in [-0.05, 0) is 12.8 Å². The van der Waals surface area contributed by atoms with Crippen molar-refractivity contribution in [3.63, 3.8) is 0 Å². The van der Waals surface area contributed by atoms with Crippen LogP contribution in [0.4, 0.5) is 0 Å². The van der Waals surface area contributed by atoms with Gasteiger partial charge in [-0.15, -0.1) is 0 Å². The number of halogens is 1. The van der Waals surface area contributed by atoms with Crippen molar-refractivity contribution in [3.8, 4) is 0 Å². The van der Waals surface area contributed by atoms with Crippen LogP contribution in [0.1, 0.15) is 12.8 Å². The molecule has 0 aromatic rings. The second-order valence-electron chi connectivity index (χ2n) is 1.27. The fourth-order valence-corrected chi connectivity index (χ4v) is 1.05. The van der Waals surface area contributed by atoms with E-state index in [4.69, 9.17) is 5.14 Å². The fraction of sp³-hybridized carbons (Fsp3) is 1.00. The molecule has 0 saturated carbocycles. The summed E-state index contributed by atoms with van der Waals surface area (Å²) in [6.07, 6.45) is 2.47. The van der Waals surface area contributed by atoms with Crippen molar-refractivity contribution in [1.29, 1.82) is 0 Å². The Bertz CT molecular complexity index is 30.9. The van der Waals surface area contributed by atoms with E-state index in [1.165, 1.54) is 24.8 Å². The third-order valence-corrected chi connectivity index (χ3v) is 1.73. The Morgan fingerprint density at radius 2 is 2.14 bits per heavy atom. The Morgan fingerprint density at radius 3 is 2.57 bits per heavy atom. The minimum Gasteiger partial charge on any atom is -0.278 e. The van der Waals surface area contributed by atoms with E-state index in [0.717, 1.165) is 11.1 Å². The second-order valence-corrected chi connectivity index (χ2v) is 2.80. The zero-order valence-corrected chi connectivity index (χ0v) is 6.59. The molecule has 0 bridgehead atoms. The quantitative estimate of drug-likeness (QED) is 0.409. The van der Waals surface area contributed by atoms with Gasteiger partial charge in [-0.3, -0.25) is 5.14 Å². The summed E-state index contributed by atoms with van der Waals surface area (Å²) in [6, 6.07) is 0. The van der Waals surface area contributed by atoms with Crippen LogP contribution in [0.5, 0.6) is 0 Å². The van der Waals surface area contributed by atoms with Crippen LogP contribution in [0.3, 0.4) is 0 Å². The number of hydrogen-bond acceptors (Lipinski definition) is 2. The summed E-state index contributed by atoms with van der Waals surface area (Å²) < 4.78 is 0. The molecule has 1 nitrogen and oxygen atoms in total. The highest BCUT2D eigenvalue weighted by atomic mass is 79.9. The lowest BCUT2D eigenvalue weighted by atomic mass is 10.4. The lowest BCUT2D eigenvalue weighted by molar-refractivity contribution is 0.913. The number of alkyl halides is 1. The molecule has 0 aliphatic carbocycles. The van der Waals surface area contributed by atoms with Gasteiger partial charge < -0.3 is 0 Å². The average Bonchev–Trinajstić information content (AvgIpc) is 1.69. The summed E-state index contributed by atoms with van der Waals surface area (Å²) in [5.41, 5.74) is 0. The molecular formula is C4H10BrNS. The highest BCUT2D eigenvalue weighted by Gasteiger charge is 1.81. The molecular weight excluding hydrogens is 174 g/mol. The van der Waals surface area contributed by atoms with E-state index in [9.17, 15) is 0 Å². The SMILES string of the molecule is NSCCCCBr. The van der Waals surface area contributed by atoms with E-state index in [-0.39, 0.29) is 0 Å². The van der Waals surface area contributed by atoms with E-state index >= 15 is 0 Å². The summed E-state index contributed by atoms with van der Waals surface area (Å²) in [7, 11) is 0. The molecule has 2 N–H and O–H groups in total. The van der Waals surface area contributed by atoms with Crippen LogP contribution in [0.15, 0.2) is 0 Å². The van der Waals surface area contributed by atoms with Crippen molar-refractivity contribution in [1.82, 2.24) is 0 Å². The highest BCUT2D eigenvalue weighted by molar-refractivity contribution is 9.09. The molecule has 0 saturated heterocycles. The maximum absolute atomic E-state index is 5.17. The molecule has 0 amide bonds. The molecule has 0 aliphatic rings. The van der Waals surface area contributed by atoms with E-state index in [2.05, 4.69) is 15.9 Å². The van der Waals surface area contributed by atoms with Crippen LogP contribution in [0.2, 0.25) is 0 Å². The molecule has 7 heavy (non-hydrogen) atoms. The summed E-state index contributed by atoms with van der Waals surface area (Å²) in [5, 5.41) is 6.28. The molecule has 44 valence electrons.